The predicted octanol–water partition coefficient (Wildman–Crippen LogP) is 2.67. The average molecular weight is 481 g/mol. The summed E-state index contributed by atoms with van der Waals surface area (Å²) in [5.41, 5.74) is 3.47. The second kappa shape index (κ2) is 8.57. The lowest BCUT2D eigenvalue weighted by Crippen LogP contribution is -2.59. The van der Waals surface area contributed by atoms with Crippen molar-refractivity contribution in [3.63, 3.8) is 0 Å². The Morgan fingerprint density at radius 3 is 2.54 bits per heavy atom. The molecule has 2 aromatic carbocycles. The van der Waals surface area contributed by atoms with E-state index in [9.17, 15) is 24.5 Å². The first-order valence-electron chi connectivity index (χ1n) is 11.7. The topological polar surface area (TPSA) is 102 Å². The summed E-state index contributed by atoms with van der Waals surface area (Å²) in [6.45, 7) is 6.45. The number of piperidine rings is 1. The Kier molecular flexibility index (Phi) is 5.80. The van der Waals surface area contributed by atoms with Crippen molar-refractivity contribution in [2.75, 3.05) is 11.9 Å². The zero-order valence-electron chi connectivity index (χ0n) is 19.8. The number of aliphatic hydroxyl groups is 3. The third kappa shape index (κ3) is 4.16. The second-order valence-electron chi connectivity index (χ2n) is 9.97. The van der Waals surface area contributed by atoms with Gasteiger partial charge in [0.05, 0.1) is 17.8 Å². The molecule has 1 fully saturated rings. The average Bonchev–Trinajstić information content (AvgIpc) is 3.30. The van der Waals surface area contributed by atoms with Crippen LogP contribution in [0.25, 0.3) is 11.1 Å². The molecule has 1 saturated heterocycles. The van der Waals surface area contributed by atoms with Gasteiger partial charge in [0.15, 0.2) is 0 Å². The first-order chi connectivity index (χ1) is 16.5. The number of aliphatic hydroxyl groups excluding tert-OH is 3. The fourth-order valence-electron chi connectivity index (χ4n) is 5.08. The highest BCUT2D eigenvalue weighted by Gasteiger charge is 2.40. The SMILES string of the molecule is C[C@H]1[C@@H](O)[C@@H](O)[C@H](O)CN1Cc1ccc(C2=CC(=C3C(=O)Nc4ccc(F)cc43)OC2(C)C)cc1. The number of anilines is 1. The Balaban J connectivity index is 1.42. The molecule has 3 aliphatic rings. The van der Waals surface area contributed by atoms with Crippen molar-refractivity contribution >= 4 is 22.7 Å². The standard InChI is InChI=1S/C27H29FN2O5/c1-14-24(32)25(33)21(31)13-30(14)12-15-4-6-16(7-5-15)19-11-22(35-27(19,2)3)23-18-10-17(28)8-9-20(18)29-26(23)34/h4-11,14,21,24-25,31-33H,12-13H2,1-3H3,(H,29,34)/t14-,21+,24+,25-/m0/s1. The Bertz CT molecular complexity index is 1240. The van der Waals surface area contributed by atoms with Crippen LogP contribution in [0.4, 0.5) is 10.1 Å². The highest BCUT2D eigenvalue weighted by atomic mass is 19.1. The Hall–Kier alpha value is -3.04. The number of likely N-dealkylation sites (tertiary alicyclic amines) is 1. The molecule has 0 bridgehead atoms. The molecular weight excluding hydrogens is 451 g/mol. The van der Waals surface area contributed by atoms with Gasteiger partial charge in [0, 0.05) is 36.0 Å². The van der Waals surface area contributed by atoms with Crippen LogP contribution in [-0.4, -0.2) is 62.6 Å². The number of nitrogens with one attached hydrogen (secondary N) is 1. The third-order valence-electron chi connectivity index (χ3n) is 7.15. The summed E-state index contributed by atoms with van der Waals surface area (Å²) in [6, 6.07) is 11.8. The molecule has 0 spiro atoms. The summed E-state index contributed by atoms with van der Waals surface area (Å²) in [4.78, 5) is 14.6. The first-order valence-corrected chi connectivity index (χ1v) is 11.7. The second-order valence-corrected chi connectivity index (χ2v) is 9.97. The van der Waals surface area contributed by atoms with Gasteiger partial charge in [0.2, 0.25) is 0 Å². The molecule has 4 N–H and O–H groups in total. The molecule has 0 aliphatic carbocycles. The van der Waals surface area contributed by atoms with Crippen LogP contribution < -0.4 is 5.32 Å². The van der Waals surface area contributed by atoms with E-state index < -0.39 is 29.7 Å². The largest absolute Gasteiger partial charge is 0.482 e. The van der Waals surface area contributed by atoms with Crippen LogP contribution in [0.2, 0.25) is 0 Å². The summed E-state index contributed by atoms with van der Waals surface area (Å²) in [7, 11) is 0. The van der Waals surface area contributed by atoms with E-state index >= 15 is 0 Å². The van der Waals surface area contributed by atoms with Gasteiger partial charge in [-0.3, -0.25) is 9.69 Å². The van der Waals surface area contributed by atoms with Crippen molar-refractivity contribution in [1.82, 2.24) is 4.90 Å². The highest BCUT2D eigenvalue weighted by Crippen LogP contribution is 2.44. The van der Waals surface area contributed by atoms with Crippen molar-refractivity contribution in [3.05, 3.63) is 76.8 Å². The number of amides is 1. The molecule has 4 atom stereocenters. The number of hydrogen-bond donors (Lipinski definition) is 4. The minimum Gasteiger partial charge on any atom is -0.482 e. The van der Waals surface area contributed by atoms with Gasteiger partial charge in [0.1, 0.15) is 23.3 Å². The van der Waals surface area contributed by atoms with E-state index in [1.807, 2.05) is 56.0 Å². The maximum absolute atomic E-state index is 13.9. The first kappa shape index (κ1) is 23.7. The van der Waals surface area contributed by atoms with Crippen LogP contribution in [0.3, 0.4) is 0 Å². The monoisotopic (exact) mass is 480 g/mol. The number of rotatable bonds is 3. The van der Waals surface area contributed by atoms with Crippen molar-refractivity contribution in [3.8, 4) is 0 Å². The van der Waals surface area contributed by atoms with E-state index in [1.54, 1.807) is 6.07 Å². The van der Waals surface area contributed by atoms with Crippen molar-refractivity contribution in [1.29, 1.82) is 0 Å². The minimum absolute atomic E-state index is 0.272. The van der Waals surface area contributed by atoms with Gasteiger partial charge in [-0.05, 0) is 56.2 Å². The Labute approximate surface area is 203 Å². The minimum atomic E-state index is -1.14. The molecule has 7 nitrogen and oxygen atoms in total. The molecule has 184 valence electrons. The maximum atomic E-state index is 13.9. The van der Waals surface area contributed by atoms with Gasteiger partial charge < -0.3 is 25.4 Å². The van der Waals surface area contributed by atoms with E-state index in [2.05, 4.69) is 5.32 Å². The van der Waals surface area contributed by atoms with E-state index in [0.29, 0.717) is 29.1 Å². The Morgan fingerprint density at radius 2 is 1.83 bits per heavy atom. The lowest BCUT2D eigenvalue weighted by atomic mass is 9.91. The van der Waals surface area contributed by atoms with E-state index in [1.165, 1.54) is 12.1 Å². The van der Waals surface area contributed by atoms with E-state index in [0.717, 1.165) is 16.7 Å². The van der Waals surface area contributed by atoms with Gasteiger partial charge in [-0.15, -0.1) is 0 Å². The van der Waals surface area contributed by atoms with Crippen LogP contribution in [0.1, 0.15) is 37.5 Å². The highest BCUT2D eigenvalue weighted by molar-refractivity contribution is 6.32. The molecule has 0 radical (unpaired) electrons. The summed E-state index contributed by atoms with van der Waals surface area (Å²) in [5, 5.41) is 32.9. The molecule has 35 heavy (non-hydrogen) atoms. The number of allylic oxidation sites excluding steroid dienone is 1. The molecular formula is C27H29FN2O5. The summed E-state index contributed by atoms with van der Waals surface area (Å²) < 4.78 is 20.1. The quantitative estimate of drug-likeness (QED) is 0.504. The fraction of sp³-hybridized carbons (Fsp3) is 0.370. The number of ether oxygens (including phenoxy) is 1. The van der Waals surface area contributed by atoms with Crippen molar-refractivity contribution < 1.29 is 29.2 Å². The zero-order valence-corrected chi connectivity index (χ0v) is 19.8. The van der Waals surface area contributed by atoms with Crippen molar-refractivity contribution in [2.45, 2.75) is 57.3 Å². The number of hydrogen-bond acceptors (Lipinski definition) is 6. The smallest absolute Gasteiger partial charge is 0.260 e. The maximum Gasteiger partial charge on any atom is 0.260 e. The number of carbonyl (C=O) groups is 1. The van der Waals surface area contributed by atoms with Crippen LogP contribution in [-0.2, 0) is 16.1 Å². The number of benzene rings is 2. The van der Waals surface area contributed by atoms with Gasteiger partial charge in [-0.2, -0.15) is 0 Å². The van der Waals surface area contributed by atoms with Crippen LogP contribution >= 0.6 is 0 Å². The van der Waals surface area contributed by atoms with E-state index in [-0.39, 0.29) is 18.5 Å². The number of carbonyl (C=O) groups excluding carboxylic acids is 1. The summed E-state index contributed by atoms with van der Waals surface area (Å²) in [6.07, 6.45) is -1.32. The molecule has 2 aromatic rings. The molecule has 1 amide bonds. The lowest BCUT2D eigenvalue weighted by molar-refractivity contribution is -0.135. The van der Waals surface area contributed by atoms with Gasteiger partial charge in [0.25, 0.3) is 5.91 Å². The molecule has 0 unspecified atom stereocenters. The summed E-state index contributed by atoms with van der Waals surface area (Å²) in [5.74, 6) is -0.345. The number of halogens is 1. The van der Waals surface area contributed by atoms with E-state index in [4.69, 9.17) is 4.74 Å². The Morgan fingerprint density at radius 1 is 1.11 bits per heavy atom. The number of β-amino-alcohol motifs (C(OH)–C–C–N with tert-alkyl or cyclic N) is 1. The molecule has 0 saturated carbocycles. The number of nitrogens with zero attached hydrogens (tertiary/aromatic N) is 1. The zero-order chi connectivity index (χ0) is 25.1. The molecule has 0 aromatic heterocycles. The van der Waals surface area contributed by atoms with Crippen molar-refractivity contribution in [2.24, 2.45) is 0 Å². The number of fused-ring (bicyclic) bond motifs is 1. The normalized spacial score (nSPS) is 30.0. The fourth-order valence-corrected chi connectivity index (χ4v) is 5.08. The van der Waals surface area contributed by atoms with Gasteiger partial charge in [-0.1, -0.05) is 24.3 Å². The summed E-state index contributed by atoms with van der Waals surface area (Å²) >= 11 is 0. The van der Waals surface area contributed by atoms with Crippen LogP contribution in [0.15, 0.2) is 54.3 Å². The molecule has 3 aliphatic heterocycles. The molecule has 5 rings (SSSR count). The molecule has 8 heteroatoms. The lowest BCUT2D eigenvalue weighted by Gasteiger charge is -2.42. The molecule has 3 heterocycles. The third-order valence-corrected chi connectivity index (χ3v) is 7.15. The van der Waals surface area contributed by atoms with Gasteiger partial charge in [-0.25, -0.2) is 4.39 Å². The van der Waals surface area contributed by atoms with Gasteiger partial charge >= 0.3 is 0 Å². The predicted molar refractivity (Wildman–Crippen MR) is 129 cm³/mol. The van der Waals surface area contributed by atoms with Crippen LogP contribution in [0, 0.1) is 5.82 Å². The van der Waals surface area contributed by atoms with Crippen LogP contribution in [0.5, 0.6) is 0 Å².